The fourth-order valence-electron chi connectivity index (χ4n) is 0.582. The molecule has 0 aliphatic rings. The summed E-state index contributed by atoms with van der Waals surface area (Å²) in [5.41, 5.74) is 16.1. The lowest BCUT2D eigenvalue weighted by atomic mass is 10.3. The molecule has 7 N–H and O–H groups in total. The molecule has 10 heavy (non-hydrogen) atoms. The van der Waals surface area contributed by atoms with Crippen molar-refractivity contribution in [3.05, 3.63) is 0 Å². The van der Waals surface area contributed by atoms with E-state index in [0.29, 0.717) is 0 Å². The van der Waals surface area contributed by atoms with E-state index in [1.54, 1.807) is 0 Å². The Labute approximate surface area is 62.1 Å². The van der Waals surface area contributed by atoms with Crippen molar-refractivity contribution in [2.75, 3.05) is 6.54 Å². The average Bonchev–Trinajstić information content (AvgIpc) is 1.88. The molecule has 0 amide bonds. The lowest BCUT2D eigenvalue weighted by Gasteiger charge is -2.16. The van der Waals surface area contributed by atoms with Crippen LogP contribution in [0.5, 0.6) is 0 Å². The van der Waals surface area contributed by atoms with Crippen molar-refractivity contribution in [1.29, 1.82) is 0 Å². The van der Waals surface area contributed by atoms with Gasteiger partial charge in [0.2, 0.25) is 0 Å². The van der Waals surface area contributed by atoms with Crippen molar-refractivity contribution in [2.45, 2.75) is 32.1 Å². The minimum absolute atomic E-state index is 0.272. The summed E-state index contributed by atoms with van der Waals surface area (Å²) >= 11 is 0. The van der Waals surface area contributed by atoms with Crippen LogP contribution in [-0.2, 0) is 0 Å². The molecule has 0 aromatic rings. The Morgan fingerprint density at radius 3 is 2.30 bits per heavy atom. The highest BCUT2D eigenvalue weighted by Gasteiger charge is 2.04. The Balaban J connectivity index is 3.13. The molecule has 1 unspecified atom stereocenters. The number of rotatable bonds is 5. The first kappa shape index (κ1) is 9.84. The van der Waals surface area contributed by atoms with Crippen LogP contribution in [0.15, 0.2) is 0 Å². The monoisotopic (exact) mass is 146 g/mol. The van der Waals surface area contributed by atoms with Crippen LogP contribution in [0, 0.1) is 0 Å². The summed E-state index contributed by atoms with van der Waals surface area (Å²) in [7, 11) is 0. The van der Waals surface area contributed by atoms with E-state index in [-0.39, 0.29) is 6.17 Å². The summed E-state index contributed by atoms with van der Waals surface area (Å²) in [4.78, 5) is 0. The normalized spacial score (nSPS) is 14.1. The summed E-state index contributed by atoms with van der Waals surface area (Å²) in [5.74, 6) is 0. The standard InChI is InChI=1S/C6H18N4/c1-2-3-4-10-6(9)5(7)8/h5-6,10H,2-4,7-9H2,1H3. The van der Waals surface area contributed by atoms with E-state index in [2.05, 4.69) is 12.2 Å². The van der Waals surface area contributed by atoms with Gasteiger partial charge in [0.25, 0.3) is 0 Å². The highest BCUT2D eigenvalue weighted by Crippen LogP contribution is 1.83. The van der Waals surface area contributed by atoms with Crippen LogP contribution in [0.4, 0.5) is 0 Å². The van der Waals surface area contributed by atoms with Crippen LogP contribution in [-0.4, -0.2) is 18.9 Å². The van der Waals surface area contributed by atoms with Crippen molar-refractivity contribution in [3.63, 3.8) is 0 Å². The molecule has 0 spiro atoms. The van der Waals surface area contributed by atoms with E-state index in [1.807, 2.05) is 0 Å². The molecule has 62 valence electrons. The third kappa shape index (κ3) is 4.69. The number of hydrogen-bond acceptors (Lipinski definition) is 4. The van der Waals surface area contributed by atoms with Gasteiger partial charge >= 0.3 is 0 Å². The summed E-state index contributed by atoms with van der Waals surface area (Å²) in [6.07, 6.45) is 1.53. The second-order valence-electron chi connectivity index (χ2n) is 2.41. The fourth-order valence-corrected chi connectivity index (χ4v) is 0.582. The van der Waals surface area contributed by atoms with E-state index in [0.717, 1.165) is 19.4 Å². The number of nitrogens with two attached hydrogens (primary N) is 3. The fraction of sp³-hybridized carbons (Fsp3) is 1.00. The van der Waals surface area contributed by atoms with Crippen molar-refractivity contribution < 1.29 is 0 Å². The maximum atomic E-state index is 5.50. The smallest absolute Gasteiger partial charge is 0.0836 e. The van der Waals surface area contributed by atoms with E-state index in [9.17, 15) is 0 Å². The van der Waals surface area contributed by atoms with Gasteiger partial charge in [0.15, 0.2) is 0 Å². The second kappa shape index (κ2) is 5.61. The van der Waals surface area contributed by atoms with Crippen molar-refractivity contribution in [1.82, 2.24) is 5.32 Å². The molecule has 0 rings (SSSR count). The number of hydrogen-bond donors (Lipinski definition) is 4. The predicted molar refractivity (Wildman–Crippen MR) is 43.0 cm³/mol. The van der Waals surface area contributed by atoms with Crippen LogP contribution < -0.4 is 22.5 Å². The molecule has 0 radical (unpaired) electrons. The van der Waals surface area contributed by atoms with Crippen LogP contribution in [0.1, 0.15) is 19.8 Å². The molecule has 0 aromatic carbocycles. The van der Waals surface area contributed by atoms with Gasteiger partial charge in [-0.1, -0.05) is 13.3 Å². The largest absolute Gasteiger partial charge is 0.314 e. The number of unbranched alkanes of at least 4 members (excludes halogenated alkanes) is 1. The Morgan fingerprint density at radius 1 is 1.30 bits per heavy atom. The molecule has 0 heterocycles. The van der Waals surface area contributed by atoms with Gasteiger partial charge in [0.1, 0.15) is 0 Å². The van der Waals surface area contributed by atoms with E-state index in [4.69, 9.17) is 17.2 Å². The zero-order valence-electron chi connectivity index (χ0n) is 6.51. The van der Waals surface area contributed by atoms with Crippen molar-refractivity contribution in [3.8, 4) is 0 Å². The van der Waals surface area contributed by atoms with Gasteiger partial charge in [0, 0.05) is 0 Å². The quantitative estimate of drug-likeness (QED) is 0.293. The van der Waals surface area contributed by atoms with Gasteiger partial charge in [-0.25, -0.2) is 0 Å². The van der Waals surface area contributed by atoms with Crippen LogP contribution in [0.2, 0.25) is 0 Å². The maximum absolute atomic E-state index is 5.50. The second-order valence-corrected chi connectivity index (χ2v) is 2.41. The van der Waals surface area contributed by atoms with Crippen molar-refractivity contribution >= 4 is 0 Å². The highest BCUT2D eigenvalue weighted by atomic mass is 15.1. The molecule has 0 aliphatic heterocycles. The Morgan fingerprint density at radius 2 is 1.90 bits per heavy atom. The van der Waals surface area contributed by atoms with E-state index < -0.39 is 6.17 Å². The molecule has 0 aliphatic carbocycles. The molecular formula is C6H18N4. The molecule has 0 fully saturated rings. The van der Waals surface area contributed by atoms with Gasteiger partial charge in [-0.05, 0) is 13.0 Å². The maximum Gasteiger partial charge on any atom is 0.0836 e. The first-order chi connectivity index (χ1) is 4.68. The topological polar surface area (TPSA) is 90.1 Å². The minimum atomic E-state index is -0.461. The summed E-state index contributed by atoms with van der Waals surface area (Å²) < 4.78 is 0. The van der Waals surface area contributed by atoms with Gasteiger partial charge < -0.3 is 17.2 Å². The van der Waals surface area contributed by atoms with Gasteiger partial charge in [0.05, 0.1) is 12.3 Å². The summed E-state index contributed by atoms with van der Waals surface area (Å²) in [6, 6.07) is 0. The van der Waals surface area contributed by atoms with Gasteiger partial charge in [-0.2, -0.15) is 0 Å². The SMILES string of the molecule is CCCCNC(N)C(N)N. The molecule has 0 saturated heterocycles. The highest BCUT2D eigenvalue weighted by molar-refractivity contribution is 4.66. The molecule has 0 aromatic heterocycles. The van der Waals surface area contributed by atoms with Crippen LogP contribution >= 0.6 is 0 Å². The Hall–Kier alpha value is -0.160. The molecule has 4 heteroatoms. The summed E-state index contributed by atoms with van der Waals surface area (Å²) in [6.45, 7) is 3.01. The Kier molecular flexibility index (Phi) is 5.52. The lowest BCUT2D eigenvalue weighted by Crippen LogP contribution is -2.56. The predicted octanol–water partition coefficient (Wildman–Crippen LogP) is -1.10. The Bertz CT molecular complexity index is 74.1. The van der Waals surface area contributed by atoms with Gasteiger partial charge in [-0.15, -0.1) is 0 Å². The van der Waals surface area contributed by atoms with Crippen molar-refractivity contribution in [2.24, 2.45) is 17.2 Å². The van der Waals surface area contributed by atoms with E-state index >= 15 is 0 Å². The molecule has 4 nitrogen and oxygen atoms in total. The first-order valence-corrected chi connectivity index (χ1v) is 3.68. The van der Waals surface area contributed by atoms with Crippen LogP contribution in [0.25, 0.3) is 0 Å². The first-order valence-electron chi connectivity index (χ1n) is 3.68. The third-order valence-electron chi connectivity index (χ3n) is 1.33. The summed E-state index contributed by atoms with van der Waals surface area (Å²) in [5, 5.41) is 3.01. The zero-order valence-corrected chi connectivity index (χ0v) is 6.51. The lowest BCUT2D eigenvalue weighted by molar-refractivity contribution is 0.443. The molecular weight excluding hydrogens is 128 g/mol. The average molecular weight is 146 g/mol. The minimum Gasteiger partial charge on any atom is -0.314 e. The molecule has 0 bridgehead atoms. The zero-order chi connectivity index (χ0) is 7.98. The van der Waals surface area contributed by atoms with E-state index in [1.165, 1.54) is 0 Å². The molecule has 1 atom stereocenters. The van der Waals surface area contributed by atoms with Crippen LogP contribution in [0.3, 0.4) is 0 Å². The van der Waals surface area contributed by atoms with Gasteiger partial charge in [-0.3, -0.25) is 5.32 Å². The number of nitrogens with one attached hydrogen (secondary N) is 1. The molecule has 0 saturated carbocycles. The third-order valence-corrected chi connectivity index (χ3v) is 1.33.